The Balaban J connectivity index is 1.36. The number of aromatic nitrogens is 2. The van der Waals surface area contributed by atoms with Gasteiger partial charge < -0.3 is 5.32 Å². The lowest BCUT2D eigenvalue weighted by atomic mass is 10.1. The first-order valence-electron chi connectivity index (χ1n) is 9.36. The van der Waals surface area contributed by atoms with E-state index in [4.69, 9.17) is 4.84 Å². The van der Waals surface area contributed by atoms with Crippen molar-refractivity contribution in [3.05, 3.63) is 77.9 Å². The van der Waals surface area contributed by atoms with Gasteiger partial charge in [0.2, 0.25) is 0 Å². The number of nitrogens with one attached hydrogen (secondary N) is 1. The molecule has 2 amide bonds. The molecule has 4 aromatic rings. The Morgan fingerprint density at radius 2 is 2.00 bits per heavy atom. The number of hydrogen-bond acceptors (Lipinski definition) is 5. The minimum absolute atomic E-state index is 0.0882. The molecule has 29 heavy (non-hydrogen) atoms. The molecule has 6 nitrogen and oxygen atoms in total. The highest BCUT2D eigenvalue weighted by Crippen LogP contribution is 2.31. The van der Waals surface area contributed by atoms with E-state index in [0.29, 0.717) is 12.3 Å². The SMILES string of the molecule is O=C(Nc1cccc(-c2cc3scnc3cn2)c1)N1OCC[C@H]1c1ccccc1. The van der Waals surface area contributed by atoms with Gasteiger partial charge in [-0.15, -0.1) is 11.3 Å². The van der Waals surface area contributed by atoms with Crippen LogP contribution in [0.2, 0.25) is 0 Å². The highest BCUT2D eigenvalue weighted by molar-refractivity contribution is 7.16. The van der Waals surface area contributed by atoms with Crippen molar-refractivity contribution >= 4 is 33.3 Å². The number of thiazole rings is 1. The number of nitrogens with zero attached hydrogens (tertiary/aromatic N) is 3. The molecular weight excluding hydrogens is 384 g/mol. The normalized spacial score (nSPS) is 16.3. The van der Waals surface area contributed by atoms with E-state index in [1.54, 1.807) is 17.5 Å². The molecule has 0 saturated carbocycles. The molecule has 1 fully saturated rings. The van der Waals surface area contributed by atoms with Crippen LogP contribution in [0, 0.1) is 0 Å². The minimum Gasteiger partial charge on any atom is -0.306 e. The molecule has 144 valence electrons. The van der Waals surface area contributed by atoms with Gasteiger partial charge in [0.25, 0.3) is 0 Å². The Kier molecular flexibility index (Phi) is 4.67. The van der Waals surface area contributed by atoms with Crippen molar-refractivity contribution < 1.29 is 9.63 Å². The summed E-state index contributed by atoms with van der Waals surface area (Å²) in [6.07, 6.45) is 2.55. The van der Waals surface area contributed by atoms with Gasteiger partial charge in [-0.05, 0) is 23.8 Å². The Morgan fingerprint density at radius 1 is 1.10 bits per heavy atom. The number of amides is 2. The number of benzene rings is 2. The smallest absolute Gasteiger partial charge is 0.306 e. The van der Waals surface area contributed by atoms with Crippen LogP contribution in [0.1, 0.15) is 18.0 Å². The number of urea groups is 1. The van der Waals surface area contributed by atoms with Crippen LogP contribution in [0.5, 0.6) is 0 Å². The first-order valence-corrected chi connectivity index (χ1v) is 10.2. The molecule has 1 N–H and O–H groups in total. The van der Waals surface area contributed by atoms with E-state index in [9.17, 15) is 4.79 Å². The highest BCUT2D eigenvalue weighted by Gasteiger charge is 2.31. The Bertz CT molecular complexity index is 1160. The van der Waals surface area contributed by atoms with E-state index in [1.165, 1.54) is 5.06 Å². The summed E-state index contributed by atoms with van der Waals surface area (Å²) in [5.41, 5.74) is 6.24. The van der Waals surface area contributed by atoms with Crippen LogP contribution in [-0.2, 0) is 4.84 Å². The fourth-order valence-electron chi connectivity index (χ4n) is 3.50. The summed E-state index contributed by atoms with van der Waals surface area (Å²) in [4.78, 5) is 27.2. The summed E-state index contributed by atoms with van der Waals surface area (Å²) in [5, 5.41) is 4.38. The number of rotatable bonds is 3. The number of hydrogen-bond donors (Lipinski definition) is 1. The number of hydroxylamine groups is 2. The lowest BCUT2D eigenvalue weighted by Crippen LogP contribution is -2.33. The Hall–Kier alpha value is -3.29. The molecule has 1 aliphatic heterocycles. The van der Waals surface area contributed by atoms with Crippen LogP contribution < -0.4 is 5.32 Å². The number of carbonyl (C=O) groups is 1. The van der Waals surface area contributed by atoms with Gasteiger partial charge >= 0.3 is 6.03 Å². The van der Waals surface area contributed by atoms with Crippen molar-refractivity contribution in [2.75, 3.05) is 11.9 Å². The van der Waals surface area contributed by atoms with Crippen LogP contribution in [0.15, 0.2) is 72.4 Å². The van der Waals surface area contributed by atoms with Gasteiger partial charge in [0.05, 0.1) is 40.3 Å². The number of carbonyl (C=O) groups excluding carboxylic acids is 1. The van der Waals surface area contributed by atoms with Gasteiger partial charge in [0, 0.05) is 17.7 Å². The average Bonchev–Trinajstić information content (AvgIpc) is 3.43. The van der Waals surface area contributed by atoms with Crippen molar-refractivity contribution in [3.63, 3.8) is 0 Å². The van der Waals surface area contributed by atoms with Crippen LogP contribution in [0.3, 0.4) is 0 Å². The van der Waals surface area contributed by atoms with Crippen LogP contribution in [0.25, 0.3) is 21.5 Å². The van der Waals surface area contributed by atoms with Crippen LogP contribution in [-0.4, -0.2) is 27.7 Å². The number of pyridine rings is 1. The number of anilines is 1. The third-order valence-electron chi connectivity index (χ3n) is 4.92. The lowest BCUT2D eigenvalue weighted by molar-refractivity contribution is -0.0829. The summed E-state index contributed by atoms with van der Waals surface area (Å²) in [6, 6.07) is 19.3. The van der Waals surface area contributed by atoms with Gasteiger partial charge in [-0.1, -0.05) is 42.5 Å². The topological polar surface area (TPSA) is 67.4 Å². The molecule has 2 aromatic carbocycles. The molecule has 0 bridgehead atoms. The second kappa shape index (κ2) is 7.62. The summed E-state index contributed by atoms with van der Waals surface area (Å²) >= 11 is 1.58. The quantitative estimate of drug-likeness (QED) is 0.507. The van der Waals surface area contributed by atoms with E-state index in [0.717, 1.165) is 33.5 Å². The van der Waals surface area contributed by atoms with E-state index < -0.39 is 0 Å². The standard InChI is InChI=1S/C22H18N4O2S/c27-22(26-20(9-10-28-26)15-5-2-1-3-6-15)25-17-8-4-7-16(11-17)18-12-21-19(13-23-18)24-14-29-21/h1-8,11-14,20H,9-10H2,(H,25,27)/t20-/m0/s1. The predicted molar refractivity (Wildman–Crippen MR) is 113 cm³/mol. The Labute approximate surface area is 171 Å². The summed E-state index contributed by atoms with van der Waals surface area (Å²) in [7, 11) is 0. The van der Waals surface area contributed by atoms with E-state index in [1.807, 2.05) is 66.2 Å². The summed E-state index contributed by atoms with van der Waals surface area (Å²) in [6.45, 7) is 0.520. The maximum atomic E-state index is 12.9. The van der Waals surface area contributed by atoms with Crippen LogP contribution in [0.4, 0.5) is 10.5 Å². The van der Waals surface area contributed by atoms with Gasteiger partial charge in [-0.25, -0.2) is 9.78 Å². The molecule has 3 heterocycles. The zero-order valence-electron chi connectivity index (χ0n) is 15.5. The van der Waals surface area contributed by atoms with Crippen molar-refractivity contribution in [1.29, 1.82) is 0 Å². The fraction of sp³-hybridized carbons (Fsp3) is 0.136. The molecule has 1 aliphatic rings. The zero-order valence-corrected chi connectivity index (χ0v) is 16.3. The van der Waals surface area contributed by atoms with Crippen molar-refractivity contribution in [1.82, 2.24) is 15.0 Å². The molecular formula is C22H18N4O2S. The monoisotopic (exact) mass is 402 g/mol. The van der Waals surface area contributed by atoms with Crippen molar-refractivity contribution in [2.45, 2.75) is 12.5 Å². The lowest BCUT2D eigenvalue weighted by Gasteiger charge is -2.23. The number of fused-ring (bicyclic) bond motifs is 1. The van der Waals surface area contributed by atoms with Crippen LogP contribution >= 0.6 is 11.3 Å². The van der Waals surface area contributed by atoms with Crippen molar-refractivity contribution in [3.8, 4) is 11.3 Å². The van der Waals surface area contributed by atoms with Gasteiger partial charge in [-0.2, -0.15) is 5.06 Å². The largest absolute Gasteiger partial charge is 0.346 e. The molecule has 7 heteroatoms. The maximum absolute atomic E-state index is 12.9. The molecule has 5 rings (SSSR count). The van der Waals surface area contributed by atoms with Gasteiger partial charge in [0.15, 0.2) is 0 Å². The van der Waals surface area contributed by atoms with E-state index >= 15 is 0 Å². The second-order valence-corrected chi connectivity index (χ2v) is 7.66. The highest BCUT2D eigenvalue weighted by atomic mass is 32.1. The minimum atomic E-state index is -0.278. The van der Waals surface area contributed by atoms with E-state index in [2.05, 4.69) is 15.3 Å². The molecule has 0 radical (unpaired) electrons. The first-order chi connectivity index (χ1) is 14.3. The average molecular weight is 402 g/mol. The fourth-order valence-corrected chi connectivity index (χ4v) is 4.19. The summed E-state index contributed by atoms with van der Waals surface area (Å²) < 4.78 is 1.08. The molecule has 0 spiro atoms. The third-order valence-corrected chi connectivity index (χ3v) is 5.71. The third kappa shape index (κ3) is 3.57. The zero-order chi connectivity index (χ0) is 19.6. The molecule has 0 aliphatic carbocycles. The predicted octanol–water partition coefficient (Wildman–Crippen LogP) is 5.27. The Morgan fingerprint density at radius 3 is 2.90 bits per heavy atom. The van der Waals surface area contributed by atoms with Gasteiger partial charge in [-0.3, -0.25) is 9.82 Å². The molecule has 1 saturated heterocycles. The molecule has 0 unspecified atom stereocenters. The van der Waals surface area contributed by atoms with Gasteiger partial charge in [0.1, 0.15) is 0 Å². The molecule has 2 aromatic heterocycles. The summed E-state index contributed by atoms with van der Waals surface area (Å²) in [5.74, 6) is 0. The van der Waals surface area contributed by atoms with E-state index in [-0.39, 0.29) is 12.1 Å². The first kappa shape index (κ1) is 17.8. The second-order valence-electron chi connectivity index (χ2n) is 6.77. The molecule has 1 atom stereocenters. The maximum Gasteiger partial charge on any atom is 0.346 e. The van der Waals surface area contributed by atoms with Crippen molar-refractivity contribution in [2.24, 2.45) is 0 Å².